The van der Waals surface area contributed by atoms with Crippen molar-refractivity contribution in [1.82, 2.24) is 14.8 Å². The van der Waals surface area contributed by atoms with Gasteiger partial charge < -0.3 is 14.8 Å². The van der Waals surface area contributed by atoms with Gasteiger partial charge in [0.05, 0.1) is 0 Å². The third-order valence-corrected chi connectivity index (χ3v) is 5.18. The Morgan fingerprint density at radius 1 is 1.14 bits per heavy atom. The molecular weight excluding hydrogens is 274 g/mol. The number of benzene rings is 1. The summed E-state index contributed by atoms with van der Waals surface area (Å²) >= 11 is 0. The summed E-state index contributed by atoms with van der Waals surface area (Å²) in [6.07, 6.45) is 4.87. The molecule has 1 aromatic carbocycles. The lowest BCUT2D eigenvalue weighted by molar-refractivity contribution is 0.0736. The minimum atomic E-state index is 0.178. The highest BCUT2D eigenvalue weighted by atomic mass is 16.2. The summed E-state index contributed by atoms with van der Waals surface area (Å²) in [4.78, 5) is 14.7. The number of piperazine rings is 1. The van der Waals surface area contributed by atoms with Crippen molar-refractivity contribution in [2.24, 2.45) is 7.05 Å². The Morgan fingerprint density at radius 3 is 2.73 bits per heavy atom. The van der Waals surface area contributed by atoms with Gasteiger partial charge in [-0.1, -0.05) is 0 Å². The first-order chi connectivity index (χ1) is 10.8. The highest BCUT2D eigenvalue weighted by Crippen LogP contribution is 2.32. The van der Waals surface area contributed by atoms with Crippen LogP contribution in [0.2, 0.25) is 0 Å². The molecule has 2 heterocycles. The Balaban J connectivity index is 1.75. The third-order valence-electron chi connectivity index (χ3n) is 5.18. The predicted octanol–water partition coefficient (Wildman–Crippen LogP) is 2.10. The van der Waals surface area contributed by atoms with Crippen LogP contribution in [-0.4, -0.2) is 41.6 Å². The van der Waals surface area contributed by atoms with Crippen LogP contribution < -0.4 is 5.32 Å². The fraction of sp³-hybridized carbons (Fsp3) is 0.500. The van der Waals surface area contributed by atoms with E-state index in [2.05, 4.69) is 29.1 Å². The van der Waals surface area contributed by atoms with Crippen LogP contribution in [0.4, 0.5) is 0 Å². The zero-order valence-electron chi connectivity index (χ0n) is 13.2. The minimum absolute atomic E-state index is 0.178. The number of hydrogen-bond donors (Lipinski definition) is 1. The van der Waals surface area contributed by atoms with E-state index in [9.17, 15) is 4.79 Å². The van der Waals surface area contributed by atoms with Crippen LogP contribution in [0.15, 0.2) is 18.2 Å². The van der Waals surface area contributed by atoms with Gasteiger partial charge in [0.1, 0.15) is 0 Å². The quantitative estimate of drug-likeness (QED) is 0.875. The molecule has 0 spiro atoms. The van der Waals surface area contributed by atoms with Crippen molar-refractivity contribution in [2.45, 2.75) is 25.7 Å². The van der Waals surface area contributed by atoms with Crippen LogP contribution in [-0.2, 0) is 19.9 Å². The number of fused-ring (bicyclic) bond motifs is 3. The first kappa shape index (κ1) is 13.8. The molecule has 0 atom stereocenters. The molecule has 0 bridgehead atoms. The highest BCUT2D eigenvalue weighted by molar-refractivity contribution is 5.99. The van der Waals surface area contributed by atoms with Crippen LogP contribution in [0.25, 0.3) is 10.9 Å². The van der Waals surface area contributed by atoms with Crippen molar-refractivity contribution < 1.29 is 4.79 Å². The van der Waals surface area contributed by atoms with Crippen LogP contribution in [0, 0.1) is 0 Å². The van der Waals surface area contributed by atoms with Gasteiger partial charge in [-0.3, -0.25) is 4.79 Å². The van der Waals surface area contributed by atoms with Crippen molar-refractivity contribution in [1.29, 1.82) is 0 Å². The second-order valence-corrected chi connectivity index (χ2v) is 6.47. The van der Waals surface area contributed by atoms with Gasteiger partial charge in [0, 0.05) is 55.4 Å². The number of nitrogens with one attached hydrogen (secondary N) is 1. The Morgan fingerprint density at radius 2 is 1.91 bits per heavy atom. The van der Waals surface area contributed by atoms with E-state index in [1.54, 1.807) is 0 Å². The molecule has 22 heavy (non-hydrogen) atoms. The van der Waals surface area contributed by atoms with Crippen LogP contribution in [0.5, 0.6) is 0 Å². The normalized spacial score (nSPS) is 18.5. The SMILES string of the molecule is Cn1c2c(c3cc(C(=O)N4CCNCC4)ccc31)CCCC2. The number of amides is 1. The highest BCUT2D eigenvalue weighted by Gasteiger charge is 2.22. The second-order valence-electron chi connectivity index (χ2n) is 6.47. The van der Waals surface area contributed by atoms with Gasteiger partial charge in [-0.15, -0.1) is 0 Å². The van der Waals surface area contributed by atoms with E-state index in [1.165, 1.54) is 41.4 Å². The lowest BCUT2D eigenvalue weighted by Gasteiger charge is -2.27. The average Bonchev–Trinajstić information content (AvgIpc) is 2.88. The molecule has 116 valence electrons. The summed E-state index contributed by atoms with van der Waals surface area (Å²) in [5.41, 5.74) is 5.05. The molecule has 1 aliphatic carbocycles. The van der Waals surface area contributed by atoms with Gasteiger partial charge in [-0.2, -0.15) is 0 Å². The molecule has 0 radical (unpaired) electrons. The molecule has 4 heteroatoms. The molecule has 2 aliphatic rings. The molecule has 0 saturated carbocycles. The molecule has 1 aliphatic heterocycles. The second kappa shape index (κ2) is 5.43. The fourth-order valence-corrected chi connectivity index (χ4v) is 3.95. The molecular formula is C18H23N3O. The first-order valence-electron chi connectivity index (χ1n) is 8.36. The number of rotatable bonds is 1. The van der Waals surface area contributed by atoms with E-state index >= 15 is 0 Å². The Kier molecular flexibility index (Phi) is 3.41. The van der Waals surface area contributed by atoms with Crippen molar-refractivity contribution in [3.63, 3.8) is 0 Å². The van der Waals surface area contributed by atoms with Gasteiger partial charge in [0.15, 0.2) is 0 Å². The first-order valence-corrected chi connectivity index (χ1v) is 8.36. The minimum Gasteiger partial charge on any atom is -0.347 e. The molecule has 4 nitrogen and oxygen atoms in total. The maximum absolute atomic E-state index is 12.7. The molecule has 1 amide bonds. The molecule has 4 rings (SSSR count). The van der Waals surface area contributed by atoms with E-state index in [0.29, 0.717) is 0 Å². The summed E-state index contributed by atoms with van der Waals surface area (Å²) in [5.74, 6) is 0.178. The molecule has 1 saturated heterocycles. The van der Waals surface area contributed by atoms with Gasteiger partial charge in [-0.05, 0) is 49.4 Å². The average molecular weight is 297 g/mol. The van der Waals surface area contributed by atoms with Crippen molar-refractivity contribution in [3.05, 3.63) is 35.0 Å². The number of nitrogens with zero attached hydrogens (tertiary/aromatic N) is 2. The third kappa shape index (κ3) is 2.13. The Bertz CT molecular complexity index is 725. The molecule has 1 N–H and O–H groups in total. The predicted molar refractivity (Wildman–Crippen MR) is 88.3 cm³/mol. The van der Waals surface area contributed by atoms with Gasteiger partial charge >= 0.3 is 0 Å². The summed E-state index contributed by atoms with van der Waals surface area (Å²) in [7, 11) is 2.16. The fourth-order valence-electron chi connectivity index (χ4n) is 3.95. The lowest BCUT2D eigenvalue weighted by Crippen LogP contribution is -2.46. The smallest absolute Gasteiger partial charge is 0.253 e. The van der Waals surface area contributed by atoms with Crippen LogP contribution >= 0.6 is 0 Å². The van der Waals surface area contributed by atoms with E-state index in [4.69, 9.17) is 0 Å². The number of aryl methyl sites for hydroxylation is 2. The van der Waals surface area contributed by atoms with E-state index < -0.39 is 0 Å². The number of aromatic nitrogens is 1. The van der Waals surface area contributed by atoms with Crippen molar-refractivity contribution in [3.8, 4) is 0 Å². The van der Waals surface area contributed by atoms with Gasteiger partial charge in [-0.25, -0.2) is 0 Å². The summed E-state index contributed by atoms with van der Waals surface area (Å²) in [6, 6.07) is 6.26. The topological polar surface area (TPSA) is 37.3 Å². The zero-order chi connectivity index (χ0) is 15.1. The van der Waals surface area contributed by atoms with E-state index in [-0.39, 0.29) is 5.91 Å². The van der Waals surface area contributed by atoms with Crippen molar-refractivity contribution >= 4 is 16.8 Å². The van der Waals surface area contributed by atoms with Crippen LogP contribution in [0.3, 0.4) is 0 Å². The summed E-state index contributed by atoms with van der Waals surface area (Å²) in [5, 5.41) is 4.59. The Hall–Kier alpha value is -1.81. The van der Waals surface area contributed by atoms with E-state index in [0.717, 1.165) is 38.2 Å². The molecule has 2 aromatic rings. The van der Waals surface area contributed by atoms with Gasteiger partial charge in [0.2, 0.25) is 0 Å². The monoisotopic (exact) mass is 297 g/mol. The summed E-state index contributed by atoms with van der Waals surface area (Å²) < 4.78 is 2.32. The van der Waals surface area contributed by atoms with Gasteiger partial charge in [0.25, 0.3) is 5.91 Å². The molecule has 1 fully saturated rings. The number of carbonyl (C=O) groups is 1. The maximum atomic E-state index is 12.7. The lowest BCUT2D eigenvalue weighted by atomic mass is 9.95. The zero-order valence-corrected chi connectivity index (χ0v) is 13.2. The number of hydrogen-bond acceptors (Lipinski definition) is 2. The standard InChI is InChI=1S/C18H23N3O/c1-20-16-5-3-2-4-14(16)15-12-13(6-7-17(15)20)18(22)21-10-8-19-9-11-21/h6-7,12,19H,2-5,8-11H2,1H3. The van der Waals surface area contributed by atoms with Crippen LogP contribution in [0.1, 0.15) is 34.5 Å². The summed E-state index contributed by atoms with van der Waals surface area (Å²) in [6.45, 7) is 3.41. The molecule has 0 unspecified atom stereocenters. The molecule has 1 aromatic heterocycles. The number of carbonyl (C=O) groups excluding carboxylic acids is 1. The largest absolute Gasteiger partial charge is 0.347 e. The maximum Gasteiger partial charge on any atom is 0.253 e. The Labute approximate surface area is 131 Å². The van der Waals surface area contributed by atoms with E-state index in [1.807, 2.05) is 11.0 Å². The van der Waals surface area contributed by atoms with Crippen molar-refractivity contribution in [2.75, 3.05) is 26.2 Å².